The molecular formula is C41H40N6O6. The van der Waals surface area contributed by atoms with Gasteiger partial charge in [0.1, 0.15) is 0 Å². The Morgan fingerprint density at radius 1 is 0.849 bits per heavy atom. The van der Waals surface area contributed by atoms with Gasteiger partial charge in [0, 0.05) is 55.7 Å². The van der Waals surface area contributed by atoms with Crippen molar-refractivity contribution in [3.8, 4) is 28.5 Å². The van der Waals surface area contributed by atoms with Crippen molar-refractivity contribution in [1.82, 2.24) is 24.3 Å². The first-order valence-corrected chi connectivity index (χ1v) is 18.3. The molecule has 0 bridgehead atoms. The van der Waals surface area contributed by atoms with Crippen LogP contribution in [0, 0.1) is 0 Å². The largest absolute Gasteiger partial charge is 0.505 e. The van der Waals surface area contributed by atoms with Crippen molar-refractivity contribution in [3.05, 3.63) is 113 Å². The van der Waals surface area contributed by atoms with Crippen LogP contribution in [0.15, 0.2) is 85.2 Å². The van der Waals surface area contributed by atoms with Gasteiger partial charge in [0.15, 0.2) is 17.2 Å². The molecule has 0 aliphatic carbocycles. The second kappa shape index (κ2) is 14.0. The van der Waals surface area contributed by atoms with Gasteiger partial charge in [-0.3, -0.25) is 14.5 Å². The number of amides is 2. The molecule has 2 amide bonds. The molecule has 5 aromatic rings. The number of morpholine rings is 1. The smallest absolute Gasteiger partial charge is 0.267 e. The molecule has 2 aromatic heterocycles. The Bertz CT molecular complexity index is 2160. The SMILES string of the molecule is O=C(c1cc(-c2cc3c(cc2C(=O)N2Cc4ccccc4C[C@H]2CN2CCOCC2)OCO3)n2c1CCCC2)N(c1ccccc1)c1ncc(O)cn1. The quantitative estimate of drug-likeness (QED) is 0.230. The van der Waals surface area contributed by atoms with E-state index >= 15 is 4.79 Å². The molecular weight excluding hydrogens is 672 g/mol. The molecule has 3 aromatic carbocycles. The molecule has 12 heteroatoms. The molecule has 0 unspecified atom stereocenters. The lowest BCUT2D eigenvalue weighted by atomic mass is 9.92. The van der Waals surface area contributed by atoms with Crippen molar-refractivity contribution in [2.75, 3.05) is 44.5 Å². The van der Waals surface area contributed by atoms with Gasteiger partial charge in [0.2, 0.25) is 12.7 Å². The number of para-hydroxylation sites is 1. The molecule has 1 atom stereocenters. The first-order valence-electron chi connectivity index (χ1n) is 18.3. The molecule has 1 saturated heterocycles. The number of rotatable bonds is 7. The minimum Gasteiger partial charge on any atom is -0.505 e. The summed E-state index contributed by atoms with van der Waals surface area (Å²) in [5.41, 5.74) is 6.38. The Morgan fingerprint density at radius 3 is 2.38 bits per heavy atom. The number of nitrogens with zero attached hydrogens (tertiary/aromatic N) is 6. The average molecular weight is 713 g/mol. The number of carbonyl (C=O) groups is 2. The summed E-state index contributed by atoms with van der Waals surface area (Å²) in [4.78, 5) is 44.4. The lowest BCUT2D eigenvalue weighted by Crippen LogP contribution is -2.52. The molecule has 12 nitrogen and oxygen atoms in total. The van der Waals surface area contributed by atoms with Crippen molar-refractivity contribution in [2.45, 2.75) is 44.8 Å². The molecule has 0 spiro atoms. The van der Waals surface area contributed by atoms with Crippen molar-refractivity contribution >= 4 is 23.5 Å². The number of hydrogen-bond donors (Lipinski definition) is 1. The zero-order valence-corrected chi connectivity index (χ0v) is 29.3. The summed E-state index contributed by atoms with van der Waals surface area (Å²) in [5.74, 6) is 0.752. The summed E-state index contributed by atoms with van der Waals surface area (Å²) in [6, 6.07) is 23.2. The van der Waals surface area contributed by atoms with Crippen LogP contribution in [0.5, 0.6) is 17.2 Å². The molecule has 0 radical (unpaired) electrons. The minimum atomic E-state index is -0.300. The van der Waals surface area contributed by atoms with E-state index in [1.54, 1.807) is 0 Å². The normalized spacial score (nSPS) is 18.0. The van der Waals surface area contributed by atoms with Crippen LogP contribution in [0.25, 0.3) is 11.3 Å². The van der Waals surface area contributed by atoms with Gasteiger partial charge >= 0.3 is 0 Å². The number of anilines is 2. The number of aromatic nitrogens is 3. The summed E-state index contributed by atoms with van der Waals surface area (Å²) < 4.78 is 19.6. The predicted octanol–water partition coefficient (Wildman–Crippen LogP) is 5.59. The highest BCUT2D eigenvalue weighted by Crippen LogP contribution is 2.42. The number of aromatic hydroxyl groups is 1. The maximum atomic E-state index is 15.1. The second-order valence-electron chi connectivity index (χ2n) is 13.9. The Morgan fingerprint density at radius 2 is 1.58 bits per heavy atom. The van der Waals surface area contributed by atoms with Gasteiger partial charge in [-0.1, -0.05) is 42.5 Å². The first-order chi connectivity index (χ1) is 26.0. The second-order valence-corrected chi connectivity index (χ2v) is 13.9. The molecule has 270 valence electrons. The number of fused-ring (bicyclic) bond motifs is 3. The summed E-state index contributed by atoms with van der Waals surface area (Å²) in [7, 11) is 0. The van der Waals surface area contributed by atoms with Gasteiger partial charge in [-0.15, -0.1) is 0 Å². The van der Waals surface area contributed by atoms with Gasteiger partial charge in [0.25, 0.3) is 11.8 Å². The molecule has 53 heavy (non-hydrogen) atoms. The fraction of sp³-hybridized carbons (Fsp3) is 0.317. The van der Waals surface area contributed by atoms with Crippen LogP contribution in [0.3, 0.4) is 0 Å². The van der Waals surface area contributed by atoms with E-state index in [4.69, 9.17) is 14.2 Å². The predicted molar refractivity (Wildman–Crippen MR) is 197 cm³/mol. The maximum Gasteiger partial charge on any atom is 0.267 e. The summed E-state index contributed by atoms with van der Waals surface area (Å²) in [6.07, 6.45) is 5.87. The number of ether oxygens (including phenoxy) is 3. The van der Waals surface area contributed by atoms with Crippen LogP contribution in [-0.2, 0) is 30.7 Å². The Labute approximate surface area is 307 Å². The van der Waals surface area contributed by atoms with Crippen molar-refractivity contribution < 1.29 is 28.9 Å². The highest BCUT2D eigenvalue weighted by Gasteiger charge is 2.36. The number of benzene rings is 3. The topological polar surface area (TPSA) is 122 Å². The van der Waals surface area contributed by atoms with E-state index in [0.717, 1.165) is 55.8 Å². The lowest BCUT2D eigenvalue weighted by molar-refractivity contribution is 0.0193. The lowest BCUT2D eigenvalue weighted by Gasteiger charge is -2.40. The van der Waals surface area contributed by atoms with Crippen molar-refractivity contribution in [1.29, 1.82) is 0 Å². The minimum absolute atomic E-state index is 0.0446. The molecule has 1 N–H and O–H groups in total. The Kier molecular flexibility index (Phi) is 8.76. The van der Waals surface area contributed by atoms with Crippen LogP contribution in [0.2, 0.25) is 0 Å². The Hall–Kier alpha value is -5.72. The van der Waals surface area contributed by atoms with E-state index in [9.17, 15) is 9.90 Å². The van der Waals surface area contributed by atoms with E-state index in [1.165, 1.54) is 22.9 Å². The third kappa shape index (κ3) is 6.27. The van der Waals surface area contributed by atoms with E-state index in [2.05, 4.69) is 37.6 Å². The zero-order chi connectivity index (χ0) is 35.9. The number of hydrogen-bond acceptors (Lipinski definition) is 9. The van der Waals surface area contributed by atoms with E-state index in [1.807, 2.05) is 59.5 Å². The van der Waals surface area contributed by atoms with Gasteiger partial charge in [-0.2, -0.15) is 0 Å². The molecule has 9 rings (SSSR count). The van der Waals surface area contributed by atoms with Gasteiger partial charge in [0.05, 0.1) is 42.4 Å². The fourth-order valence-corrected chi connectivity index (χ4v) is 8.09. The Balaban J connectivity index is 1.15. The molecule has 4 aliphatic rings. The standard InChI is InChI=1S/C41H40N6O6/c48-31-22-42-41(43-23-31)47(29-10-2-1-3-11-29)40(50)34-19-36(45-13-7-6-12-35(34)45)32-20-37-38(53-26-52-37)21-33(32)39(49)46-24-28-9-5-4-8-27(28)18-30(46)25-44-14-16-51-17-15-44/h1-5,8-11,19-23,30,48H,6-7,12-18,24-26H2/t30-/m0/s1. The van der Waals surface area contributed by atoms with Crippen LogP contribution in [0.1, 0.15) is 50.4 Å². The van der Waals surface area contributed by atoms with Crippen molar-refractivity contribution in [2.24, 2.45) is 0 Å². The van der Waals surface area contributed by atoms with Crippen molar-refractivity contribution in [3.63, 3.8) is 0 Å². The fourth-order valence-electron chi connectivity index (χ4n) is 8.09. The average Bonchev–Trinajstić information content (AvgIpc) is 3.83. The highest BCUT2D eigenvalue weighted by molar-refractivity contribution is 6.12. The molecule has 0 saturated carbocycles. The van der Waals surface area contributed by atoms with Crippen LogP contribution >= 0.6 is 0 Å². The van der Waals surface area contributed by atoms with E-state index in [0.29, 0.717) is 66.6 Å². The van der Waals surface area contributed by atoms with Gasteiger partial charge in [-0.05, 0) is 67.1 Å². The maximum absolute atomic E-state index is 15.1. The molecule has 4 aliphatic heterocycles. The molecule has 6 heterocycles. The van der Waals surface area contributed by atoms with Gasteiger partial charge < -0.3 is 28.8 Å². The van der Waals surface area contributed by atoms with E-state index in [-0.39, 0.29) is 36.3 Å². The third-order valence-corrected chi connectivity index (χ3v) is 10.7. The molecule has 1 fully saturated rings. The highest BCUT2D eigenvalue weighted by atomic mass is 16.7. The van der Waals surface area contributed by atoms with Crippen LogP contribution in [-0.4, -0.2) is 86.9 Å². The van der Waals surface area contributed by atoms with Crippen LogP contribution < -0.4 is 14.4 Å². The van der Waals surface area contributed by atoms with Crippen LogP contribution in [0.4, 0.5) is 11.6 Å². The zero-order valence-electron chi connectivity index (χ0n) is 29.3. The number of carbonyl (C=O) groups excluding carboxylic acids is 2. The monoisotopic (exact) mass is 712 g/mol. The summed E-state index contributed by atoms with van der Waals surface area (Å²) >= 11 is 0. The first kappa shape index (κ1) is 33.1. The summed E-state index contributed by atoms with van der Waals surface area (Å²) in [5, 5.41) is 9.94. The van der Waals surface area contributed by atoms with E-state index < -0.39 is 0 Å². The third-order valence-electron chi connectivity index (χ3n) is 10.7. The summed E-state index contributed by atoms with van der Waals surface area (Å²) in [6.45, 7) is 5.03. The van der Waals surface area contributed by atoms with Gasteiger partial charge in [-0.25, -0.2) is 14.9 Å².